The summed E-state index contributed by atoms with van der Waals surface area (Å²) in [5.74, 6) is 0.732. The number of methoxy groups -OCH3 is 1. The van der Waals surface area contributed by atoms with Gasteiger partial charge < -0.3 is 4.74 Å². The summed E-state index contributed by atoms with van der Waals surface area (Å²) in [6.45, 7) is 3.50. The van der Waals surface area contributed by atoms with Crippen LogP contribution in [0.4, 0.5) is 0 Å². The van der Waals surface area contributed by atoms with Crippen LogP contribution < -0.4 is 4.74 Å². The minimum absolute atomic E-state index is 0.0383. The van der Waals surface area contributed by atoms with E-state index in [4.69, 9.17) is 4.74 Å². The lowest BCUT2D eigenvalue weighted by atomic mass is 10.1. The Labute approximate surface area is 91.4 Å². The topological polar surface area (TPSA) is 26.3 Å². The van der Waals surface area contributed by atoms with Crippen molar-refractivity contribution < 1.29 is 9.53 Å². The highest BCUT2D eigenvalue weighted by atomic mass is 127. The van der Waals surface area contributed by atoms with Gasteiger partial charge in [-0.3, -0.25) is 4.79 Å². The summed E-state index contributed by atoms with van der Waals surface area (Å²) in [6.07, 6.45) is 0. The molecule has 2 nitrogen and oxygen atoms in total. The Morgan fingerprint density at radius 3 is 2.54 bits per heavy atom. The molecule has 0 atom stereocenters. The van der Waals surface area contributed by atoms with Gasteiger partial charge in [-0.15, -0.1) is 0 Å². The van der Waals surface area contributed by atoms with Crippen LogP contribution in [0.1, 0.15) is 22.8 Å². The van der Waals surface area contributed by atoms with E-state index in [-0.39, 0.29) is 5.78 Å². The molecule has 70 valence electrons. The van der Waals surface area contributed by atoms with Crippen molar-refractivity contribution in [2.24, 2.45) is 0 Å². The van der Waals surface area contributed by atoms with Crippen molar-refractivity contribution in [2.45, 2.75) is 13.8 Å². The first-order valence-electron chi connectivity index (χ1n) is 3.92. The second-order valence-electron chi connectivity index (χ2n) is 2.81. The van der Waals surface area contributed by atoms with Gasteiger partial charge in [0.05, 0.1) is 12.7 Å². The molecule has 0 fully saturated rings. The number of ether oxygens (including phenoxy) is 1. The van der Waals surface area contributed by atoms with Crippen LogP contribution in [0.15, 0.2) is 12.1 Å². The zero-order chi connectivity index (χ0) is 10.0. The molecule has 0 aromatic heterocycles. The number of rotatable bonds is 2. The van der Waals surface area contributed by atoms with Crippen molar-refractivity contribution in [3.8, 4) is 5.75 Å². The molecule has 0 unspecified atom stereocenters. The first-order chi connectivity index (χ1) is 6.07. The van der Waals surface area contributed by atoms with Gasteiger partial charge in [-0.2, -0.15) is 0 Å². The molecule has 3 heteroatoms. The average molecular weight is 290 g/mol. The molecule has 0 aliphatic rings. The second kappa shape index (κ2) is 4.09. The molecule has 0 N–H and O–H groups in total. The predicted octanol–water partition coefficient (Wildman–Crippen LogP) is 2.81. The van der Waals surface area contributed by atoms with Crippen molar-refractivity contribution >= 4 is 28.4 Å². The number of benzene rings is 1. The highest BCUT2D eigenvalue weighted by Crippen LogP contribution is 2.27. The standard InChI is InChI=1S/C10H11IO2/c1-6-9(11)5-4-8(7(2)12)10(6)13-3/h4-5H,1-3H3. The number of hydrogen-bond acceptors (Lipinski definition) is 2. The quantitative estimate of drug-likeness (QED) is 0.618. The van der Waals surface area contributed by atoms with E-state index in [1.165, 1.54) is 0 Å². The molecule has 1 aromatic carbocycles. The van der Waals surface area contributed by atoms with Gasteiger partial charge in [-0.25, -0.2) is 0 Å². The lowest BCUT2D eigenvalue weighted by molar-refractivity contribution is 0.101. The third kappa shape index (κ3) is 2.02. The van der Waals surface area contributed by atoms with Gasteiger partial charge in [0, 0.05) is 9.13 Å². The maximum atomic E-state index is 11.2. The molecular weight excluding hydrogens is 279 g/mol. The van der Waals surface area contributed by atoms with Gasteiger partial charge in [0.25, 0.3) is 0 Å². The third-order valence-corrected chi connectivity index (χ3v) is 3.09. The van der Waals surface area contributed by atoms with Crippen LogP contribution in [-0.2, 0) is 0 Å². The van der Waals surface area contributed by atoms with Crippen molar-refractivity contribution in [3.63, 3.8) is 0 Å². The van der Waals surface area contributed by atoms with Crippen molar-refractivity contribution in [1.29, 1.82) is 0 Å². The predicted molar refractivity (Wildman–Crippen MR) is 60.5 cm³/mol. The summed E-state index contributed by atoms with van der Waals surface area (Å²) in [5.41, 5.74) is 1.68. The van der Waals surface area contributed by atoms with E-state index in [1.54, 1.807) is 20.1 Å². The van der Waals surface area contributed by atoms with E-state index < -0.39 is 0 Å². The van der Waals surface area contributed by atoms with Gasteiger partial charge in [0.2, 0.25) is 0 Å². The third-order valence-electron chi connectivity index (χ3n) is 1.92. The van der Waals surface area contributed by atoms with Gasteiger partial charge in [0.15, 0.2) is 5.78 Å². The molecule has 0 saturated carbocycles. The molecule has 0 heterocycles. The van der Waals surface area contributed by atoms with Gasteiger partial charge >= 0.3 is 0 Å². The van der Waals surface area contributed by atoms with Gasteiger partial charge in [0.1, 0.15) is 5.75 Å². The second-order valence-corrected chi connectivity index (χ2v) is 3.97. The number of carbonyl (C=O) groups excluding carboxylic acids is 1. The summed E-state index contributed by atoms with van der Waals surface area (Å²) in [6, 6.07) is 3.73. The SMILES string of the molecule is COc1c(C(C)=O)ccc(I)c1C. The Morgan fingerprint density at radius 2 is 2.08 bits per heavy atom. The zero-order valence-corrected chi connectivity index (χ0v) is 10.0. The molecule has 0 saturated heterocycles. The fourth-order valence-corrected chi connectivity index (χ4v) is 1.63. The normalized spacial score (nSPS) is 9.85. The van der Waals surface area contributed by atoms with Crippen LogP contribution in [0.5, 0.6) is 5.75 Å². The fourth-order valence-electron chi connectivity index (χ4n) is 1.21. The minimum Gasteiger partial charge on any atom is -0.496 e. The lowest BCUT2D eigenvalue weighted by Gasteiger charge is -2.10. The van der Waals surface area contributed by atoms with Crippen LogP contribution >= 0.6 is 22.6 Å². The molecule has 1 aromatic rings. The zero-order valence-electron chi connectivity index (χ0n) is 7.85. The van der Waals surface area contributed by atoms with Crippen LogP contribution in [0.25, 0.3) is 0 Å². The van der Waals surface area contributed by atoms with Crippen LogP contribution in [0, 0.1) is 10.5 Å². The number of carbonyl (C=O) groups is 1. The lowest BCUT2D eigenvalue weighted by Crippen LogP contribution is -2.00. The molecule has 13 heavy (non-hydrogen) atoms. The smallest absolute Gasteiger partial charge is 0.163 e. The molecular formula is C10H11IO2. The van der Waals surface area contributed by atoms with Crippen LogP contribution in [-0.4, -0.2) is 12.9 Å². The average Bonchev–Trinajstić information content (AvgIpc) is 2.09. The summed E-state index contributed by atoms with van der Waals surface area (Å²) in [5, 5.41) is 0. The Bertz CT molecular complexity index is 345. The summed E-state index contributed by atoms with van der Waals surface area (Å²) in [4.78, 5) is 11.2. The van der Waals surface area contributed by atoms with E-state index in [1.807, 2.05) is 13.0 Å². The van der Waals surface area contributed by atoms with Gasteiger partial charge in [-0.05, 0) is 48.6 Å². The first-order valence-corrected chi connectivity index (χ1v) is 4.99. The van der Waals surface area contributed by atoms with Crippen LogP contribution in [0.2, 0.25) is 0 Å². The van der Waals surface area contributed by atoms with Crippen molar-refractivity contribution in [3.05, 3.63) is 26.8 Å². The molecule has 0 bridgehead atoms. The van der Waals surface area contributed by atoms with E-state index >= 15 is 0 Å². The number of Topliss-reactive ketones (excluding diaryl/α,β-unsaturated/α-hetero) is 1. The number of halogens is 1. The highest BCUT2D eigenvalue weighted by molar-refractivity contribution is 14.1. The molecule has 0 aliphatic heterocycles. The molecule has 0 spiro atoms. The highest BCUT2D eigenvalue weighted by Gasteiger charge is 2.11. The van der Waals surface area contributed by atoms with E-state index in [2.05, 4.69) is 22.6 Å². The van der Waals surface area contributed by atoms with E-state index in [0.717, 1.165) is 9.13 Å². The Balaban J connectivity index is 3.38. The fraction of sp³-hybridized carbons (Fsp3) is 0.300. The molecule has 0 aliphatic carbocycles. The maximum absolute atomic E-state index is 11.2. The molecule has 0 amide bonds. The van der Waals surface area contributed by atoms with E-state index in [9.17, 15) is 4.79 Å². The Morgan fingerprint density at radius 1 is 1.46 bits per heavy atom. The monoisotopic (exact) mass is 290 g/mol. The van der Waals surface area contributed by atoms with Crippen molar-refractivity contribution in [2.75, 3.05) is 7.11 Å². The summed E-state index contributed by atoms with van der Waals surface area (Å²) < 4.78 is 6.30. The number of hydrogen-bond donors (Lipinski definition) is 0. The first kappa shape index (κ1) is 10.5. The largest absolute Gasteiger partial charge is 0.496 e. The van der Waals surface area contributed by atoms with Crippen LogP contribution in [0.3, 0.4) is 0 Å². The molecule has 0 radical (unpaired) electrons. The van der Waals surface area contributed by atoms with E-state index in [0.29, 0.717) is 11.3 Å². The minimum atomic E-state index is 0.0383. The summed E-state index contributed by atoms with van der Waals surface area (Å²) >= 11 is 2.22. The van der Waals surface area contributed by atoms with Crippen molar-refractivity contribution in [1.82, 2.24) is 0 Å². The Hall–Kier alpha value is -0.580. The van der Waals surface area contributed by atoms with Gasteiger partial charge in [-0.1, -0.05) is 0 Å². The number of ketones is 1. The molecule has 1 rings (SSSR count). The summed E-state index contributed by atoms with van der Waals surface area (Å²) in [7, 11) is 1.59. The Kier molecular flexibility index (Phi) is 3.30. The maximum Gasteiger partial charge on any atom is 0.163 e.